The molecule has 22 heavy (non-hydrogen) atoms. The van der Waals surface area contributed by atoms with Gasteiger partial charge in [-0.25, -0.2) is 0 Å². The Morgan fingerprint density at radius 1 is 1.14 bits per heavy atom. The van der Waals surface area contributed by atoms with Gasteiger partial charge in [0.25, 0.3) is 5.24 Å². The normalized spacial score (nSPS) is 10.4. The van der Waals surface area contributed by atoms with E-state index in [1.807, 2.05) is 44.2 Å². The molecule has 1 amide bonds. The molecular formula is C18H21NO2S. The van der Waals surface area contributed by atoms with Gasteiger partial charge in [0, 0.05) is 17.5 Å². The van der Waals surface area contributed by atoms with Gasteiger partial charge in [0.15, 0.2) is 0 Å². The first kappa shape index (κ1) is 16.4. The summed E-state index contributed by atoms with van der Waals surface area (Å²) in [5.74, 6) is 0.879. The molecule has 0 bridgehead atoms. The molecule has 0 saturated carbocycles. The van der Waals surface area contributed by atoms with Gasteiger partial charge in [-0.1, -0.05) is 29.8 Å². The minimum Gasteiger partial charge on any atom is -0.489 e. The van der Waals surface area contributed by atoms with Crippen LogP contribution in [0.4, 0.5) is 4.79 Å². The first-order valence-corrected chi connectivity index (χ1v) is 8.01. The van der Waals surface area contributed by atoms with E-state index in [1.54, 1.807) is 7.05 Å². The molecule has 1 N–H and O–H groups in total. The lowest BCUT2D eigenvalue weighted by molar-refractivity contribution is 0.262. The molecule has 0 fully saturated rings. The van der Waals surface area contributed by atoms with Crippen molar-refractivity contribution in [3.63, 3.8) is 0 Å². The number of nitrogens with one attached hydrogen (secondary N) is 1. The average molecular weight is 315 g/mol. The van der Waals surface area contributed by atoms with E-state index in [0.717, 1.165) is 27.3 Å². The van der Waals surface area contributed by atoms with Crippen LogP contribution in [0.15, 0.2) is 41.3 Å². The maximum atomic E-state index is 11.6. The molecule has 0 heterocycles. The van der Waals surface area contributed by atoms with E-state index >= 15 is 0 Å². The van der Waals surface area contributed by atoms with E-state index in [1.165, 1.54) is 17.3 Å². The minimum absolute atomic E-state index is 0.0710. The van der Waals surface area contributed by atoms with E-state index < -0.39 is 0 Å². The van der Waals surface area contributed by atoms with E-state index in [2.05, 4.69) is 18.3 Å². The van der Waals surface area contributed by atoms with Crippen molar-refractivity contribution < 1.29 is 9.53 Å². The van der Waals surface area contributed by atoms with Crippen LogP contribution in [0.2, 0.25) is 0 Å². The van der Waals surface area contributed by atoms with E-state index in [0.29, 0.717) is 6.61 Å². The first-order chi connectivity index (χ1) is 10.5. The zero-order valence-corrected chi connectivity index (χ0v) is 14.2. The van der Waals surface area contributed by atoms with E-state index in [4.69, 9.17) is 4.74 Å². The number of rotatable bonds is 4. The van der Waals surface area contributed by atoms with Crippen molar-refractivity contribution in [1.29, 1.82) is 0 Å². The number of hydrogen-bond acceptors (Lipinski definition) is 3. The molecule has 3 nitrogen and oxygen atoms in total. The summed E-state index contributed by atoms with van der Waals surface area (Å²) in [6, 6.07) is 12.1. The summed E-state index contributed by atoms with van der Waals surface area (Å²) in [7, 11) is 1.64. The molecule has 0 aromatic heterocycles. The summed E-state index contributed by atoms with van der Waals surface area (Å²) in [5.41, 5.74) is 4.51. The Hall–Kier alpha value is -1.94. The van der Waals surface area contributed by atoms with Crippen LogP contribution in [0.25, 0.3) is 0 Å². The second-order valence-electron chi connectivity index (χ2n) is 5.25. The summed E-state index contributed by atoms with van der Waals surface area (Å²) >= 11 is 1.20. The fourth-order valence-electron chi connectivity index (χ4n) is 2.22. The fraction of sp³-hybridized carbons (Fsp3) is 0.278. The molecule has 116 valence electrons. The van der Waals surface area contributed by atoms with Crippen LogP contribution in [0.1, 0.15) is 22.3 Å². The summed E-state index contributed by atoms with van der Waals surface area (Å²) < 4.78 is 5.97. The van der Waals surface area contributed by atoms with E-state index in [9.17, 15) is 4.79 Å². The minimum atomic E-state index is -0.0710. The highest BCUT2D eigenvalue weighted by atomic mass is 32.2. The highest BCUT2D eigenvalue weighted by molar-refractivity contribution is 8.13. The van der Waals surface area contributed by atoms with Gasteiger partial charge in [-0.2, -0.15) is 0 Å². The van der Waals surface area contributed by atoms with Crippen molar-refractivity contribution in [3.8, 4) is 5.75 Å². The first-order valence-electron chi connectivity index (χ1n) is 7.19. The van der Waals surface area contributed by atoms with Gasteiger partial charge in [0.05, 0.1) is 0 Å². The van der Waals surface area contributed by atoms with Crippen LogP contribution in [0, 0.1) is 20.8 Å². The zero-order chi connectivity index (χ0) is 16.1. The fourth-order valence-corrected chi connectivity index (χ4v) is 3.01. The van der Waals surface area contributed by atoms with Gasteiger partial charge in [0.2, 0.25) is 0 Å². The van der Waals surface area contributed by atoms with Gasteiger partial charge < -0.3 is 10.1 Å². The van der Waals surface area contributed by atoms with Crippen molar-refractivity contribution in [2.75, 3.05) is 7.05 Å². The number of benzene rings is 2. The summed E-state index contributed by atoms with van der Waals surface area (Å²) in [4.78, 5) is 12.6. The average Bonchev–Trinajstić information content (AvgIpc) is 2.48. The van der Waals surface area contributed by atoms with E-state index in [-0.39, 0.29) is 5.24 Å². The Balaban J connectivity index is 2.19. The lowest BCUT2D eigenvalue weighted by Gasteiger charge is -2.14. The number of aryl methyl sites for hydroxylation is 3. The molecule has 0 aliphatic carbocycles. The summed E-state index contributed by atoms with van der Waals surface area (Å²) in [6.45, 7) is 6.60. The second-order valence-corrected chi connectivity index (χ2v) is 6.26. The number of carbonyl (C=O) groups is 1. The molecule has 2 aromatic carbocycles. The highest BCUT2D eigenvalue weighted by Gasteiger charge is 2.11. The van der Waals surface area contributed by atoms with Crippen molar-refractivity contribution in [2.24, 2.45) is 0 Å². The maximum absolute atomic E-state index is 11.6. The Labute approximate surface area is 136 Å². The Kier molecular flexibility index (Phi) is 5.50. The quantitative estimate of drug-likeness (QED) is 0.837. The van der Waals surface area contributed by atoms with Crippen LogP contribution in [0.3, 0.4) is 0 Å². The largest absolute Gasteiger partial charge is 0.489 e. The SMILES string of the molecule is CNC(=O)Sc1cccc(C)c1COc1ccc(C)cc1C. The molecule has 0 radical (unpaired) electrons. The van der Waals surface area contributed by atoms with Crippen molar-refractivity contribution in [1.82, 2.24) is 5.32 Å². The third-order valence-corrected chi connectivity index (χ3v) is 4.47. The molecule has 4 heteroatoms. The second kappa shape index (κ2) is 7.36. The Morgan fingerprint density at radius 3 is 2.59 bits per heavy atom. The molecule has 2 rings (SSSR count). The number of amides is 1. The van der Waals surface area contributed by atoms with Gasteiger partial charge in [-0.05, 0) is 55.8 Å². The van der Waals surface area contributed by atoms with Crippen molar-refractivity contribution in [3.05, 3.63) is 58.7 Å². The Morgan fingerprint density at radius 2 is 1.91 bits per heavy atom. The maximum Gasteiger partial charge on any atom is 0.283 e. The monoisotopic (exact) mass is 315 g/mol. The van der Waals surface area contributed by atoms with Crippen LogP contribution in [-0.2, 0) is 6.61 Å². The topological polar surface area (TPSA) is 38.3 Å². The standard InChI is InChI=1S/C18H21NO2S/c1-12-8-9-16(14(3)10-12)21-11-15-13(2)6-5-7-17(15)22-18(20)19-4/h5-10H,11H2,1-4H3,(H,19,20). The highest BCUT2D eigenvalue weighted by Crippen LogP contribution is 2.28. The van der Waals surface area contributed by atoms with Gasteiger partial charge >= 0.3 is 0 Å². The molecular weight excluding hydrogens is 294 g/mol. The molecule has 0 aliphatic heterocycles. The van der Waals surface area contributed by atoms with Crippen molar-refractivity contribution >= 4 is 17.0 Å². The summed E-state index contributed by atoms with van der Waals surface area (Å²) in [5, 5.41) is 2.56. The van der Waals surface area contributed by atoms with Gasteiger partial charge in [-0.15, -0.1) is 0 Å². The van der Waals surface area contributed by atoms with Gasteiger partial charge in [0.1, 0.15) is 12.4 Å². The lowest BCUT2D eigenvalue weighted by atomic mass is 10.1. The lowest BCUT2D eigenvalue weighted by Crippen LogP contribution is -2.12. The van der Waals surface area contributed by atoms with Gasteiger partial charge in [-0.3, -0.25) is 4.79 Å². The third kappa shape index (κ3) is 4.04. The third-order valence-electron chi connectivity index (χ3n) is 3.48. The molecule has 0 atom stereocenters. The zero-order valence-electron chi connectivity index (χ0n) is 13.4. The number of ether oxygens (including phenoxy) is 1. The summed E-state index contributed by atoms with van der Waals surface area (Å²) in [6.07, 6.45) is 0. The molecule has 0 unspecified atom stereocenters. The molecule has 0 saturated heterocycles. The predicted molar refractivity (Wildman–Crippen MR) is 91.7 cm³/mol. The molecule has 0 aliphatic rings. The van der Waals surface area contributed by atoms with Crippen molar-refractivity contribution in [2.45, 2.75) is 32.3 Å². The molecule has 2 aromatic rings. The van der Waals surface area contributed by atoms with Crippen LogP contribution in [0.5, 0.6) is 5.75 Å². The van der Waals surface area contributed by atoms with Crippen LogP contribution in [-0.4, -0.2) is 12.3 Å². The Bertz CT molecular complexity index is 683. The number of hydrogen-bond donors (Lipinski definition) is 1. The smallest absolute Gasteiger partial charge is 0.283 e. The number of carbonyl (C=O) groups excluding carboxylic acids is 1. The molecule has 0 spiro atoms. The number of thioether (sulfide) groups is 1. The predicted octanol–water partition coefficient (Wildman–Crippen LogP) is 4.62. The van der Waals surface area contributed by atoms with Crippen LogP contribution < -0.4 is 10.1 Å². The van der Waals surface area contributed by atoms with Crippen LogP contribution >= 0.6 is 11.8 Å².